The number of nitrogens with zero attached hydrogens (tertiary/aromatic N) is 2. The van der Waals surface area contributed by atoms with Gasteiger partial charge in [-0.1, -0.05) is 19.0 Å². The average molecular weight is 301 g/mol. The molecule has 0 aromatic carbocycles. The van der Waals surface area contributed by atoms with Crippen molar-refractivity contribution in [2.24, 2.45) is 16.3 Å². The Kier molecular flexibility index (Phi) is 5.98. The fourth-order valence-corrected chi connectivity index (χ4v) is 2.91. The Morgan fingerprint density at radius 2 is 1.90 bits per heavy atom. The highest BCUT2D eigenvalue weighted by molar-refractivity contribution is 6.06. The lowest BCUT2D eigenvalue weighted by Crippen LogP contribution is -2.54. The summed E-state index contributed by atoms with van der Waals surface area (Å²) in [4.78, 5) is 14.2. The van der Waals surface area contributed by atoms with Crippen molar-refractivity contribution in [3.8, 4) is 0 Å². The van der Waals surface area contributed by atoms with Gasteiger partial charge in [0.1, 0.15) is 5.41 Å². The summed E-state index contributed by atoms with van der Waals surface area (Å²) in [5.41, 5.74) is 3.80. The molecule has 1 heterocycles. The Morgan fingerprint density at radius 1 is 1.38 bits per heavy atom. The van der Waals surface area contributed by atoms with Gasteiger partial charge in [-0.3, -0.25) is 4.79 Å². The summed E-state index contributed by atoms with van der Waals surface area (Å²) < 4.78 is 5.24. The summed E-state index contributed by atoms with van der Waals surface area (Å²) in [6, 6.07) is 0. The zero-order valence-electron chi connectivity index (χ0n) is 13.1. The fraction of sp³-hybridized carbons (Fsp3) is 0.857. The number of amides is 1. The molecule has 1 rings (SSSR count). The number of hydrogen-bond acceptors (Lipinski definition) is 5. The summed E-state index contributed by atoms with van der Waals surface area (Å²) >= 11 is 0. The van der Waals surface area contributed by atoms with Crippen molar-refractivity contribution < 1.29 is 19.8 Å². The van der Waals surface area contributed by atoms with Crippen LogP contribution in [0.2, 0.25) is 0 Å². The van der Waals surface area contributed by atoms with E-state index in [0.29, 0.717) is 38.9 Å². The average Bonchev–Trinajstić information content (AvgIpc) is 2.48. The number of ether oxygens (including phenoxy) is 1. The minimum atomic E-state index is -1.02. The van der Waals surface area contributed by atoms with Gasteiger partial charge in [-0.2, -0.15) is 0 Å². The topological polar surface area (TPSA) is 108 Å². The molecule has 7 heteroatoms. The number of carbonyl (C=O) groups excluding carboxylic acids is 1. The molecule has 0 bridgehead atoms. The van der Waals surface area contributed by atoms with Gasteiger partial charge < -0.3 is 25.7 Å². The lowest BCUT2D eigenvalue weighted by atomic mass is 9.79. The van der Waals surface area contributed by atoms with Crippen molar-refractivity contribution in [1.82, 2.24) is 4.90 Å². The van der Waals surface area contributed by atoms with E-state index in [1.54, 1.807) is 7.05 Å². The van der Waals surface area contributed by atoms with E-state index in [2.05, 4.69) is 5.16 Å². The van der Waals surface area contributed by atoms with Gasteiger partial charge in [-0.05, 0) is 12.8 Å². The Hall–Kier alpha value is -1.34. The molecule has 0 atom stereocenters. The second-order valence-corrected chi connectivity index (χ2v) is 5.77. The molecule has 122 valence electrons. The molecular weight excluding hydrogens is 274 g/mol. The van der Waals surface area contributed by atoms with Gasteiger partial charge >= 0.3 is 0 Å². The minimum Gasteiger partial charge on any atom is -0.409 e. The molecule has 1 aliphatic rings. The van der Waals surface area contributed by atoms with Gasteiger partial charge in [0.05, 0.1) is 5.60 Å². The van der Waals surface area contributed by atoms with Crippen LogP contribution in [-0.4, -0.2) is 59.4 Å². The molecule has 1 saturated heterocycles. The quantitative estimate of drug-likeness (QED) is 0.287. The summed E-state index contributed by atoms with van der Waals surface area (Å²) in [5, 5.41) is 22.5. The SMILES string of the molecule is CCC(CC)(C(=O)N(C)CC1(O)CCOCC1)C(N)=NO. The molecule has 0 saturated carbocycles. The molecule has 0 aromatic heterocycles. The Bertz CT molecular complexity index is 388. The number of aliphatic hydroxyl groups is 1. The van der Waals surface area contributed by atoms with Gasteiger partial charge in [-0.15, -0.1) is 0 Å². The summed E-state index contributed by atoms with van der Waals surface area (Å²) in [6.45, 7) is 4.86. The van der Waals surface area contributed by atoms with Crippen molar-refractivity contribution in [3.05, 3.63) is 0 Å². The van der Waals surface area contributed by atoms with E-state index in [0.717, 1.165) is 0 Å². The maximum atomic E-state index is 12.8. The summed E-state index contributed by atoms with van der Waals surface area (Å²) in [6.07, 6.45) is 1.87. The third-order valence-corrected chi connectivity index (χ3v) is 4.52. The van der Waals surface area contributed by atoms with Gasteiger partial charge in [0, 0.05) is 39.6 Å². The Morgan fingerprint density at radius 3 is 2.33 bits per heavy atom. The highest BCUT2D eigenvalue weighted by Gasteiger charge is 2.43. The number of carbonyl (C=O) groups is 1. The number of oxime groups is 1. The lowest BCUT2D eigenvalue weighted by Gasteiger charge is -2.39. The molecule has 0 radical (unpaired) electrons. The predicted molar refractivity (Wildman–Crippen MR) is 79.1 cm³/mol. The molecule has 7 nitrogen and oxygen atoms in total. The summed E-state index contributed by atoms with van der Waals surface area (Å²) in [7, 11) is 1.64. The van der Waals surface area contributed by atoms with Crippen molar-refractivity contribution in [3.63, 3.8) is 0 Å². The van der Waals surface area contributed by atoms with E-state index >= 15 is 0 Å². The smallest absolute Gasteiger partial charge is 0.236 e. The maximum absolute atomic E-state index is 12.8. The van der Waals surface area contributed by atoms with Crippen molar-refractivity contribution in [2.45, 2.75) is 45.1 Å². The molecule has 1 amide bonds. The van der Waals surface area contributed by atoms with Crippen LogP contribution < -0.4 is 5.73 Å². The van der Waals surface area contributed by atoms with Crippen LogP contribution in [0.4, 0.5) is 0 Å². The first-order chi connectivity index (χ1) is 9.85. The molecule has 21 heavy (non-hydrogen) atoms. The zero-order valence-corrected chi connectivity index (χ0v) is 13.1. The minimum absolute atomic E-state index is 0.0803. The largest absolute Gasteiger partial charge is 0.409 e. The van der Waals surface area contributed by atoms with Crippen LogP contribution in [0, 0.1) is 5.41 Å². The van der Waals surface area contributed by atoms with E-state index in [1.165, 1.54) is 4.90 Å². The van der Waals surface area contributed by atoms with Crippen molar-refractivity contribution >= 4 is 11.7 Å². The zero-order chi connectivity index (χ0) is 16.1. The Balaban J connectivity index is 2.88. The summed E-state index contributed by atoms with van der Waals surface area (Å²) in [5.74, 6) is -0.314. The molecule has 0 aromatic rings. The van der Waals surface area contributed by atoms with E-state index in [-0.39, 0.29) is 18.3 Å². The molecule has 0 spiro atoms. The third-order valence-electron chi connectivity index (χ3n) is 4.52. The van der Waals surface area contributed by atoms with E-state index in [1.807, 2.05) is 13.8 Å². The second kappa shape index (κ2) is 7.09. The molecule has 1 fully saturated rings. The molecule has 0 unspecified atom stereocenters. The first-order valence-electron chi connectivity index (χ1n) is 7.39. The van der Waals surface area contributed by atoms with Crippen LogP contribution in [-0.2, 0) is 9.53 Å². The van der Waals surface area contributed by atoms with Gasteiger partial charge in [0.25, 0.3) is 0 Å². The highest BCUT2D eigenvalue weighted by atomic mass is 16.5. The van der Waals surface area contributed by atoms with E-state index < -0.39 is 11.0 Å². The molecule has 4 N–H and O–H groups in total. The van der Waals surface area contributed by atoms with E-state index in [9.17, 15) is 9.90 Å². The van der Waals surface area contributed by atoms with Crippen LogP contribution in [0.1, 0.15) is 39.5 Å². The van der Waals surface area contributed by atoms with Crippen LogP contribution >= 0.6 is 0 Å². The standard InChI is InChI=1S/C14H27N3O4/c1-4-14(5-2,11(15)16-20)12(18)17(3)10-13(19)6-8-21-9-7-13/h19-20H,4-10H2,1-3H3,(H2,15,16). The number of amidine groups is 1. The molecular formula is C14H27N3O4. The second-order valence-electron chi connectivity index (χ2n) is 5.77. The monoisotopic (exact) mass is 301 g/mol. The van der Waals surface area contributed by atoms with Crippen LogP contribution in [0.15, 0.2) is 5.16 Å². The molecule has 0 aliphatic carbocycles. The maximum Gasteiger partial charge on any atom is 0.236 e. The van der Waals surface area contributed by atoms with E-state index in [4.69, 9.17) is 15.7 Å². The predicted octanol–water partition coefficient (Wildman–Crippen LogP) is 0.539. The molecule has 1 aliphatic heterocycles. The number of nitrogens with two attached hydrogens (primary N) is 1. The first-order valence-corrected chi connectivity index (χ1v) is 7.39. The van der Waals surface area contributed by atoms with Crippen LogP contribution in [0.3, 0.4) is 0 Å². The van der Waals surface area contributed by atoms with Crippen LogP contribution in [0.25, 0.3) is 0 Å². The van der Waals surface area contributed by atoms with Gasteiger partial charge in [-0.25, -0.2) is 0 Å². The lowest BCUT2D eigenvalue weighted by molar-refractivity contribution is -0.144. The third kappa shape index (κ3) is 3.65. The van der Waals surface area contributed by atoms with Crippen molar-refractivity contribution in [2.75, 3.05) is 26.8 Å². The van der Waals surface area contributed by atoms with Crippen molar-refractivity contribution in [1.29, 1.82) is 0 Å². The first kappa shape index (κ1) is 17.7. The van der Waals surface area contributed by atoms with Crippen LogP contribution in [0.5, 0.6) is 0 Å². The highest BCUT2D eigenvalue weighted by Crippen LogP contribution is 2.30. The normalized spacial score (nSPS) is 19.3. The number of rotatable bonds is 6. The van der Waals surface area contributed by atoms with Gasteiger partial charge in [0.2, 0.25) is 5.91 Å². The number of likely N-dealkylation sites (N-methyl/N-ethyl adjacent to an activating group) is 1. The Labute approximate surface area is 125 Å². The number of hydrogen-bond donors (Lipinski definition) is 3. The van der Waals surface area contributed by atoms with Gasteiger partial charge in [0.15, 0.2) is 5.84 Å². The fourth-order valence-electron chi connectivity index (χ4n) is 2.91.